The molecule has 1 amide bonds. The average Bonchev–Trinajstić information content (AvgIpc) is 2.72. The second-order valence-electron chi connectivity index (χ2n) is 6.36. The third kappa shape index (κ3) is 4.76. The molecule has 3 rings (SSSR count). The molecule has 1 aromatic heterocycles. The lowest BCUT2D eigenvalue weighted by Gasteiger charge is -2.12. The average molecular weight is 390 g/mol. The van der Waals surface area contributed by atoms with Gasteiger partial charge in [-0.15, -0.1) is 0 Å². The maximum atomic E-state index is 12.6. The monoisotopic (exact) mass is 390 g/mol. The molecule has 0 aliphatic rings. The minimum atomic E-state index is -0.445. The first-order chi connectivity index (χ1) is 14.0. The fourth-order valence-corrected chi connectivity index (χ4v) is 2.72. The van der Waals surface area contributed by atoms with Crippen molar-refractivity contribution in [1.29, 1.82) is 0 Å². The molecule has 7 nitrogen and oxygen atoms in total. The van der Waals surface area contributed by atoms with Crippen LogP contribution in [0.15, 0.2) is 54.7 Å². The van der Waals surface area contributed by atoms with Crippen molar-refractivity contribution in [3.05, 3.63) is 77.1 Å². The number of carbonyl (C=O) groups is 2. The smallest absolute Gasteiger partial charge is 0.340 e. The predicted octanol–water partition coefficient (Wildman–Crippen LogP) is 4.27. The molecule has 0 aliphatic heterocycles. The van der Waals surface area contributed by atoms with Gasteiger partial charge in [-0.2, -0.15) is 0 Å². The fraction of sp³-hybridized carbons (Fsp3) is 0.182. The lowest BCUT2D eigenvalue weighted by molar-refractivity contribution is 0.0527. The van der Waals surface area contributed by atoms with Crippen LogP contribution in [0.25, 0.3) is 0 Å². The molecule has 0 unspecified atom stereocenters. The second kappa shape index (κ2) is 8.97. The van der Waals surface area contributed by atoms with Gasteiger partial charge in [0.25, 0.3) is 5.91 Å². The summed E-state index contributed by atoms with van der Waals surface area (Å²) >= 11 is 0. The van der Waals surface area contributed by atoms with E-state index in [4.69, 9.17) is 4.74 Å². The Bertz CT molecular complexity index is 1050. The lowest BCUT2D eigenvalue weighted by Crippen LogP contribution is -2.16. The molecule has 0 bridgehead atoms. The van der Waals surface area contributed by atoms with Crippen LogP contribution < -0.4 is 10.6 Å². The predicted molar refractivity (Wildman–Crippen MR) is 112 cm³/mol. The molecule has 2 N–H and O–H groups in total. The summed E-state index contributed by atoms with van der Waals surface area (Å²) < 4.78 is 5.07. The van der Waals surface area contributed by atoms with Crippen molar-refractivity contribution >= 4 is 29.2 Å². The highest BCUT2D eigenvalue weighted by Crippen LogP contribution is 2.21. The van der Waals surface area contributed by atoms with Crippen molar-refractivity contribution in [2.75, 3.05) is 17.2 Å². The standard InChI is InChI=1S/C22H22N4O3/c1-4-29-21(28)16-9-5-6-10-18(16)25-22-23-13-12-19(26-22)20(27)24-17-11-7-8-14(2)15(17)3/h5-13H,4H2,1-3H3,(H,24,27)(H,23,25,26). The number of rotatable bonds is 6. The van der Waals surface area contributed by atoms with Crippen molar-refractivity contribution in [3.8, 4) is 0 Å². The van der Waals surface area contributed by atoms with Gasteiger partial charge in [0.2, 0.25) is 5.95 Å². The SMILES string of the molecule is CCOC(=O)c1ccccc1Nc1nccc(C(=O)Nc2cccc(C)c2C)n1. The quantitative estimate of drug-likeness (QED) is 0.611. The molecule has 0 saturated carbocycles. The van der Waals surface area contributed by atoms with Crippen molar-refractivity contribution in [2.24, 2.45) is 0 Å². The molecule has 0 spiro atoms. The molecule has 148 valence electrons. The molecular formula is C22H22N4O3. The summed E-state index contributed by atoms with van der Waals surface area (Å²) in [5.41, 5.74) is 3.88. The van der Waals surface area contributed by atoms with E-state index < -0.39 is 5.97 Å². The van der Waals surface area contributed by atoms with Gasteiger partial charge in [-0.05, 0) is 56.2 Å². The summed E-state index contributed by atoms with van der Waals surface area (Å²) in [6, 6.07) is 14.1. The summed E-state index contributed by atoms with van der Waals surface area (Å²) in [7, 11) is 0. The molecule has 1 heterocycles. The first-order valence-corrected chi connectivity index (χ1v) is 9.23. The number of carbonyl (C=O) groups excluding carboxylic acids is 2. The molecule has 2 aromatic carbocycles. The third-order valence-corrected chi connectivity index (χ3v) is 4.41. The Labute approximate surface area is 169 Å². The first kappa shape index (κ1) is 20.0. The van der Waals surface area contributed by atoms with Crippen LogP contribution in [0.2, 0.25) is 0 Å². The highest BCUT2D eigenvalue weighted by atomic mass is 16.5. The molecule has 29 heavy (non-hydrogen) atoms. The van der Waals surface area contributed by atoms with Gasteiger partial charge in [-0.3, -0.25) is 4.79 Å². The number of aryl methyl sites for hydroxylation is 1. The van der Waals surface area contributed by atoms with Crippen molar-refractivity contribution < 1.29 is 14.3 Å². The number of benzene rings is 2. The Hall–Kier alpha value is -3.74. The second-order valence-corrected chi connectivity index (χ2v) is 6.36. The van der Waals surface area contributed by atoms with Crippen LogP contribution in [0.5, 0.6) is 0 Å². The van der Waals surface area contributed by atoms with E-state index in [1.54, 1.807) is 31.2 Å². The number of para-hydroxylation sites is 1. The number of nitrogens with zero attached hydrogens (tertiary/aromatic N) is 2. The first-order valence-electron chi connectivity index (χ1n) is 9.23. The van der Waals surface area contributed by atoms with Crippen molar-refractivity contribution in [3.63, 3.8) is 0 Å². The number of amides is 1. The minimum absolute atomic E-state index is 0.204. The third-order valence-electron chi connectivity index (χ3n) is 4.41. The Morgan fingerprint density at radius 3 is 2.55 bits per heavy atom. The van der Waals surface area contributed by atoms with E-state index in [1.807, 2.05) is 32.0 Å². The number of hydrogen-bond donors (Lipinski definition) is 2. The van der Waals surface area contributed by atoms with E-state index in [2.05, 4.69) is 20.6 Å². The van der Waals surface area contributed by atoms with Crippen LogP contribution in [0.4, 0.5) is 17.3 Å². The normalized spacial score (nSPS) is 10.3. The van der Waals surface area contributed by atoms with Crippen LogP contribution in [0.3, 0.4) is 0 Å². The van der Waals surface area contributed by atoms with Gasteiger partial charge in [0.1, 0.15) is 5.69 Å². The Kier molecular flexibility index (Phi) is 6.19. The van der Waals surface area contributed by atoms with E-state index in [0.717, 1.165) is 16.8 Å². The largest absolute Gasteiger partial charge is 0.462 e. The zero-order chi connectivity index (χ0) is 20.8. The molecule has 3 aromatic rings. The van der Waals surface area contributed by atoms with Gasteiger partial charge in [0.05, 0.1) is 17.9 Å². The van der Waals surface area contributed by atoms with Gasteiger partial charge < -0.3 is 15.4 Å². The number of anilines is 3. The van der Waals surface area contributed by atoms with E-state index in [9.17, 15) is 9.59 Å². The Morgan fingerprint density at radius 2 is 1.76 bits per heavy atom. The molecular weight excluding hydrogens is 368 g/mol. The summed E-state index contributed by atoms with van der Waals surface area (Å²) in [5.74, 6) is -0.586. The summed E-state index contributed by atoms with van der Waals surface area (Å²) in [6.45, 7) is 5.95. The van der Waals surface area contributed by atoms with Crippen LogP contribution in [-0.4, -0.2) is 28.5 Å². The number of hydrogen-bond acceptors (Lipinski definition) is 6. The van der Waals surface area contributed by atoms with Gasteiger partial charge in [0, 0.05) is 11.9 Å². The number of esters is 1. The summed E-state index contributed by atoms with van der Waals surface area (Å²) in [4.78, 5) is 33.2. The highest BCUT2D eigenvalue weighted by molar-refractivity contribution is 6.03. The summed E-state index contributed by atoms with van der Waals surface area (Å²) in [5, 5.41) is 5.86. The Morgan fingerprint density at radius 1 is 1.00 bits per heavy atom. The maximum absolute atomic E-state index is 12.6. The number of aromatic nitrogens is 2. The molecule has 0 atom stereocenters. The molecule has 0 saturated heterocycles. The summed E-state index contributed by atoms with van der Waals surface area (Å²) in [6.07, 6.45) is 1.49. The zero-order valence-electron chi connectivity index (χ0n) is 16.5. The van der Waals surface area contributed by atoms with Gasteiger partial charge in [0.15, 0.2) is 0 Å². The number of nitrogens with one attached hydrogen (secondary N) is 2. The van der Waals surface area contributed by atoms with Crippen molar-refractivity contribution in [1.82, 2.24) is 9.97 Å². The van der Waals surface area contributed by atoms with Gasteiger partial charge in [-0.1, -0.05) is 24.3 Å². The molecule has 0 aliphatic carbocycles. The van der Waals surface area contributed by atoms with Crippen LogP contribution in [-0.2, 0) is 4.74 Å². The van der Waals surface area contributed by atoms with E-state index in [1.165, 1.54) is 12.3 Å². The fourth-order valence-electron chi connectivity index (χ4n) is 2.72. The van der Waals surface area contributed by atoms with E-state index >= 15 is 0 Å². The molecule has 0 radical (unpaired) electrons. The maximum Gasteiger partial charge on any atom is 0.340 e. The highest BCUT2D eigenvalue weighted by Gasteiger charge is 2.15. The van der Waals surface area contributed by atoms with E-state index in [-0.39, 0.29) is 24.2 Å². The van der Waals surface area contributed by atoms with Crippen LogP contribution >= 0.6 is 0 Å². The van der Waals surface area contributed by atoms with Gasteiger partial charge in [-0.25, -0.2) is 14.8 Å². The Balaban J connectivity index is 1.81. The molecule has 7 heteroatoms. The topological polar surface area (TPSA) is 93.2 Å². The van der Waals surface area contributed by atoms with E-state index in [0.29, 0.717) is 11.3 Å². The minimum Gasteiger partial charge on any atom is -0.462 e. The molecule has 0 fully saturated rings. The van der Waals surface area contributed by atoms with Crippen LogP contribution in [0.1, 0.15) is 38.9 Å². The zero-order valence-corrected chi connectivity index (χ0v) is 16.5. The number of ether oxygens (including phenoxy) is 1. The van der Waals surface area contributed by atoms with Crippen LogP contribution in [0, 0.1) is 13.8 Å². The van der Waals surface area contributed by atoms with Gasteiger partial charge >= 0.3 is 5.97 Å². The lowest BCUT2D eigenvalue weighted by atomic mass is 10.1. The van der Waals surface area contributed by atoms with Crippen molar-refractivity contribution in [2.45, 2.75) is 20.8 Å².